The topological polar surface area (TPSA) is 99.5 Å². The van der Waals surface area contributed by atoms with Gasteiger partial charge in [0.15, 0.2) is 0 Å². The SMILES string of the molecule is O=C1[C@@H]2Cc3c([nH]c4ccccc34)[C@@H](c3ccc([N+](=O)[O-])cc3)N2C(=O)CN1C1CC1. The fourth-order valence-corrected chi connectivity index (χ4v) is 5.11. The molecule has 1 N–H and O–H groups in total. The van der Waals surface area contributed by atoms with Gasteiger partial charge in [-0.3, -0.25) is 19.7 Å². The van der Waals surface area contributed by atoms with Crippen molar-refractivity contribution in [3.63, 3.8) is 0 Å². The highest BCUT2D eigenvalue weighted by atomic mass is 16.6. The number of rotatable bonds is 3. The largest absolute Gasteiger partial charge is 0.356 e. The van der Waals surface area contributed by atoms with Gasteiger partial charge in [0.25, 0.3) is 5.69 Å². The number of non-ortho nitro benzene ring substituents is 1. The summed E-state index contributed by atoms with van der Waals surface area (Å²) < 4.78 is 0. The Kier molecular flexibility index (Phi) is 3.74. The molecule has 0 radical (unpaired) electrons. The van der Waals surface area contributed by atoms with Crippen LogP contribution in [-0.4, -0.2) is 50.1 Å². The normalized spacial score (nSPS) is 23.1. The van der Waals surface area contributed by atoms with Crippen LogP contribution in [0.15, 0.2) is 48.5 Å². The average Bonchev–Trinajstić information content (AvgIpc) is 3.55. The second-order valence-corrected chi connectivity index (χ2v) is 8.53. The maximum Gasteiger partial charge on any atom is 0.269 e. The molecule has 1 saturated heterocycles. The van der Waals surface area contributed by atoms with Gasteiger partial charge in [0.1, 0.15) is 12.6 Å². The Morgan fingerprint density at radius 1 is 1.03 bits per heavy atom. The molecule has 2 aromatic carbocycles. The number of piperazine rings is 1. The van der Waals surface area contributed by atoms with Crippen molar-refractivity contribution in [2.24, 2.45) is 0 Å². The highest BCUT2D eigenvalue weighted by Crippen LogP contribution is 2.44. The van der Waals surface area contributed by atoms with Crippen molar-refractivity contribution in [3.05, 3.63) is 75.5 Å². The lowest BCUT2D eigenvalue weighted by Crippen LogP contribution is -2.63. The summed E-state index contributed by atoms with van der Waals surface area (Å²) in [6.07, 6.45) is 2.38. The Balaban J connectivity index is 1.53. The minimum atomic E-state index is -0.561. The second-order valence-electron chi connectivity index (χ2n) is 8.53. The number of H-pyrrole nitrogens is 1. The molecule has 2 amide bonds. The predicted octanol–water partition coefficient (Wildman–Crippen LogP) is 2.92. The van der Waals surface area contributed by atoms with E-state index in [4.69, 9.17) is 0 Å². The monoisotopic (exact) mass is 416 g/mol. The first kappa shape index (κ1) is 18.1. The van der Waals surface area contributed by atoms with Crippen molar-refractivity contribution in [3.8, 4) is 0 Å². The molecule has 3 aliphatic rings. The van der Waals surface area contributed by atoms with Crippen LogP contribution >= 0.6 is 0 Å². The van der Waals surface area contributed by atoms with Gasteiger partial charge in [-0.05, 0) is 42.2 Å². The number of fused-ring (bicyclic) bond motifs is 4. The molecule has 2 atom stereocenters. The number of aromatic amines is 1. The molecule has 1 aliphatic carbocycles. The summed E-state index contributed by atoms with van der Waals surface area (Å²) in [7, 11) is 0. The van der Waals surface area contributed by atoms with Crippen molar-refractivity contribution in [2.75, 3.05) is 6.54 Å². The van der Waals surface area contributed by atoms with Gasteiger partial charge in [-0.25, -0.2) is 0 Å². The number of nitro groups is 1. The maximum absolute atomic E-state index is 13.4. The maximum atomic E-state index is 13.4. The van der Waals surface area contributed by atoms with Crippen LogP contribution in [0.2, 0.25) is 0 Å². The fourth-order valence-electron chi connectivity index (χ4n) is 5.11. The Bertz CT molecular complexity index is 1240. The van der Waals surface area contributed by atoms with Crippen LogP contribution in [-0.2, 0) is 16.0 Å². The zero-order chi connectivity index (χ0) is 21.3. The standard InChI is InChI=1S/C23H20N4O4/c28-20-12-25(14-9-10-14)23(29)19-11-17-16-3-1-2-4-18(16)24-21(17)22(26(19)20)13-5-7-15(8-6-13)27(30)31/h1-8,14,19,22,24H,9-12H2/t19-,22+/m0/s1. The highest BCUT2D eigenvalue weighted by Gasteiger charge is 2.50. The van der Waals surface area contributed by atoms with Crippen LogP contribution in [0.5, 0.6) is 0 Å². The van der Waals surface area contributed by atoms with Gasteiger partial charge in [-0.1, -0.05) is 18.2 Å². The minimum absolute atomic E-state index is 0.00458. The van der Waals surface area contributed by atoms with Crippen molar-refractivity contribution >= 4 is 28.4 Å². The molecule has 0 spiro atoms. The van der Waals surface area contributed by atoms with Crippen molar-refractivity contribution in [1.82, 2.24) is 14.8 Å². The number of nitrogens with zero attached hydrogens (tertiary/aromatic N) is 3. The van der Waals surface area contributed by atoms with E-state index in [1.165, 1.54) is 12.1 Å². The minimum Gasteiger partial charge on any atom is -0.356 e. The summed E-state index contributed by atoms with van der Waals surface area (Å²) in [6, 6.07) is 13.3. The second kappa shape index (κ2) is 6.41. The average molecular weight is 416 g/mol. The molecule has 1 saturated carbocycles. The van der Waals surface area contributed by atoms with E-state index in [1.54, 1.807) is 21.9 Å². The van der Waals surface area contributed by atoms with Gasteiger partial charge in [-0.15, -0.1) is 0 Å². The van der Waals surface area contributed by atoms with E-state index in [0.717, 1.165) is 40.6 Å². The highest BCUT2D eigenvalue weighted by molar-refractivity contribution is 5.98. The molecule has 2 aliphatic heterocycles. The van der Waals surface area contributed by atoms with Gasteiger partial charge >= 0.3 is 0 Å². The molecule has 31 heavy (non-hydrogen) atoms. The molecule has 1 aromatic heterocycles. The van der Waals surface area contributed by atoms with E-state index < -0.39 is 17.0 Å². The summed E-state index contributed by atoms with van der Waals surface area (Å²) in [5.41, 5.74) is 3.63. The third-order valence-electron chi connectivity index (χ3n) is 6.70. The molecular weight excluding hydrogens is 396 g/mol. The molecule has 3 heterocycles. The van der Waals surface area contributed by atoms with E-state index in [9.17, 15) is 19.7 Å². The van der Waals surface area contributed by atoms with E-state index >= 15 is 0 Å². The molecule has 2 fully saturated rings. The van der Waals surface area contributed by atoms with Crippen LogP contribution < -0.4 is 0 Å². The summed E-state index contributed by atoms with van der Waals surface area (Å²) in [5, 5.41) is 12.2. The smallest absolute Gasteiger partial charge is 0.269 e. The van der Waals surface area contributed by atoms with Crippen molar-refractivity contribution < 1.29 is 14.5 Å². The van der Waals surface area contributed by atoms with E-state index in [-0.39, 0.29) is 30.1 Å². The molecule has 0 unspecified atom stereocenters. The van der Waals surface area contributed by atoms with Crippen molar-refractivity contribution in [1.29, 1.82) is 0 Å². The molecule has 0 bridgehead atoms. The number of benzene rings is 2. The first-order valence-electron chi connectivity index (χ1n) is 10.5. The number of nitro benzene ring substituents is 1. The molecule has 8 nitrogen and oxygen atoms in total. The number of carbonyl (C=O) groups excluding carboxylic acids is 2. The lowest BCUT2D eigenvalue weighted by molar-refractivity contribution is -0.384. The number of hydrogen-bond donors (Lipinski definition) is 1. The predicted molar refractivity (Wildman–Crippen MR) is 112 cm³/mol. The van der Waals surface area contributed by atoms with E-state index in [2.05, 4.69) is 4.98 Å². The summed E-state index contributed by atoms with van der Waals surface area (Å²) in [6.45, 7) is 0.0963. The molecule has 8 heteroatoms. The molecule has 156 valence electrons. The van der Waals surface area contributed by atoms with Gasteiger partial charge in [0.2, 0.25) is 11.8 Å². The van der Waals surface area contributed by atoms with Gasteiger partial charge in [0.05, 0.1) is 11.0 Å². The fraction of sp³-hybridized carbons (Fsp3) is 0.304. The molecule has 3 aromatic rings. The van der Waals surface area contributed by atoms with Crippen molar-refractivity contribution in [2.45, 2.75) is 37.4 Å². The number of amides is 2. The van der Waals surface area contributed by atoms with E-state index in [0.29, 0.717) is 6.42 Å². The van der Waals surface area contributed by atoms with Gasteiger partial charge in [-0.2, -0.15) is 0 Å². The molecular formula is C23H20N4O4. The Morgan fingerprint density at radius 2 is 1.77 bits per heavy atom. The van der Waals surface area contributed by atoms with Crippen LogP contribution in [0.1, 0.15) is 35.7 Å². The zero-order valence-electron chi connectivity index (χ0n) is 16.7. The zero-order valence-corrected chi connectivity index (χ0v) is 16.7. The lowest BCUT2D eigenvalue weighted by Gasteiger charge is -2.47. The van der Waals surface area contributed by atoms with Gasteiger partial charge in [0, 0.05) is 41.2 Å². The number of para-hydroxylation sites is 1. The number of carbonyl (C=O) groups is 2. The Morgan fingerprint density at radius 3 is 2.48 bits per heavy atom. The third kappa shape index (κ3) is 2.67. The van der Waals surface area contributed by atoms with Crippen LogP contribution in [0.4, 0.5) is 5.69 Å². The Hall–Kier alpha value is -3.68. The summed E-state index contributed by atoms with van der Waals surface area (Å²) in [4.78, 5) is 44.3. The van der Waals surface area contributed by atoms with Crippen LogP contribution in [0.25, 0.3) is 10.9 Å². The number of hydrogen-bond acceptors (Lipinski definition) is 4. The first-order chi connectivity index (χ1) is 15.0. The number of nitrogens with one attached hydrogen (secondary N) is 1. The van der Waals surface area contributed by atoms with Gasteiger partial charge < -0.3 is 14.8 Å². The first-order valence-corrected chi connectivity index (χ1v) is 10.5. The van der Waals surface area contributed by atoms with E-state index in [1.807, 2.05) is 24.3 Å². The molecule has 6 rings (SSSR count). The van der Waals surface area contributed by atoms with Crippen LogP contribution in [0.3, 0.4) is 0 Å². The summed E-state index contributed by atoms with van der Waals surface area (Å²) in [5.74, 6) is -0.0749. The summed E-state index contributed by atoms with van der Waals surface area (Å²) >= 11 is 0. The van der Waals surface area contributed by atoms with Crippen LogP contribution in [0, 0.1) is 10.1 Å². The third-order valence-corrected chi connectivity index (χ3v) is 6.70. The quantitative estimate of drug-likeness (QED) is 0.524. The lowest BCUT2D eigenvalue weighted by atomic mass is 9.86. The Labute approximate surface area is 177 Å². The number of aromatic nitrogens is 1.